The van der Waals surface area contributed by atoms with E-state index in [1.807, 2.05) is 6.79 Å². The van der Waals surface area contributed by atoms with Crippen molar-refractivity contribution in [1.29, 1.82) is 0 Å². The predicted octanol–water partition coefficient (Wildman–Crippen LogP) is 1.85. The fraction of sp³-hybridized carbons (Fsp3) is 0.375. The van der Waals surface area contributed by atoms with Crippen LogP contribution >= 0.6 is 0 Å². The lowest BCUT2D eigenvalue weighted by atomic mass is 10.1. The molecule has 0 spiro atoms. The molecule has 1 aliphatic rings. The normalized spacial score (nSPS) is 16.1. The Morgan fingerprint density at radius 1 is 1.50 bits per heavy atom. The highest BCUT2D eigenvalue weighted by Gasteiger charge is 2.13. The highest BCUT2D eigenvalue weighted by molar-refractivity contribution is 5.29. The summed E-state index contributed by atoms with van der Waals surface area (Å²) in [5, 5.41) is 2.46. The van der Waals surface area contributed by atoms with Crippen LogP contribution in [0, 0.1) is 0 Å². The van der Waals surface area contributed by atoms with Gasteiger partial charge < -0.3 is 10.1 Å². The molecule has 0 amide bonds. The Labute approximate surface area is 70.0 Å². The van der Waals surface area contributed by atoms with E-state index < -0.39 is 5.83 Å². The van der Waals surface area contributed by atoms with Crippen LogP contribution in [0.2, 0.25) is 0 Å². The van der Waals surface area contributed by atoms with E-state index in [0.717, 1.165) is 0 Å². The molecule has 1 N–H and O–H groups in total. The van der Waals surface area contributed by atoms with Gasteiger partial charge in [-0.1, -0.05) is 0 Å². The summed E-state index contributed by atoms with van der Waals surface area (Å²) < 4.78 is 25.2. The van der Waals surface area contributed by atoms with Gasteiger partial charge >= 0.3 is 0 Å². The second kappa shape index (κ2) is 5.46. The van der Waals surface area contributed by atoms with Crippen LogP contribution in [0.4, 0.5) is 8.78 Å². The number of carbonyl (C=O) groups excluding carboxylic acids is 1. The van der Waals surface area contributed by atoms with Gasteiger partial charge in [-0.25, -0.2) is 8.78 Å². The first-order valence-electron chi connectivity index (χ1n) is 3.47. The highest BCUT2D eigenvalue weighted by atomic mass is 19.1. The summed E-state index contributed by atoms with van der Waals surface area (Å²) in [6, 6.07) is 0. The quantitative estimate of drug-likeness (QED) is 0.659. The minimum absolute atomic E-state index is 0.00579. The molecule has 68 valence electrons. The molecule has 0 radical (unpaired) electrons. The molecule has 0 saturated carbocycles. The van der Waals surface area contributed by atoms with Crippen LogP contribution in [0.5, 0.6) is 0 Å². The number of allylic oxidation sites excluding steroid dienone is 3. The molecule has 12 heavy (non-hydrogen) atoms. The SMILES string of the molecule is C=O.CNC1=C(F)CCC=C1F. The van der Waals surface area contributed by atoms with Crippen LogP contribution < -0.4 is 5.32 Å². The van der Waals surface area contributed by atoms with Crippen molar-refractivity contribution in [3.05, 3.63) is 23.4 Å². The maximum absolute atomic E-state index is 12.6. The van der Waals surface area contributed by atoms with Crippen LogP contribution in [0.3, 0.4) is 0 Å². The molecule has 1 rings (SSSR count). The molecule has 0 saturated heterocycles. The van der Waals surface area contributed by atoms with E-state index in [4.69, 9.17) is 4.79 Å². The number of nitrogens with one attached hydrogen (secondary N) is 1. The summed E-state index contributed by atoms with van der Waals surface area (Å²) in [6.45, 7) is 2.00. The number of hydrogen-bond acceptors (Lipinski definition) is 2. The Bertz CT molecular complexity index is 211. The van der Waals surface area contributed by atoms with Crippen molar-refractivity contribution in [3.63, 3.8) is 0 Å². The zero-order valence-electron chi connectivity index (χ0n) is 6.86. The Morgan fingerprint density at radius 2 is 2.08 bits per heavy atom. The van der Waals surface area contributed by atoms with Gasteiger partial charge in [-0.05, 0) is 12.5 Å². The summed E-state index contributed by atoms with van der Waals surface area (Å²) in [5.41, 5.74) is 0.00579. The van der Waals surface area contributed by atoms with E-state index in [0.29, 0.717) is 12.8 Å². The number of halogens is 2. The molecule has 0 aromatic rings. The molecule has 0 heterocycles. The maximum Gasteiger partial charge on any atom is 0.144 e. The van der Waals surface area contributed by atoms with Crippen LogP contribution in [-0.2, 0) is 4.79 Å². The minimum atomic E-state index is -0.480. The van der Waals surface area contributed by atoms with Crippen molar-refractivity contribution in [2.75, 3.05) is 7.05 Å². The second-order valence-corrected chi connectivity index (χ2v) is 2.12. The molecule has 2 nitrogen and oxygen atoms in total. The maximum atomic E-state index is 12.6. The Balaban J connectivity index is 0.000000561. The third kappa shape index (κ3) is 2.45. The summed E-state index contributed by atoms with van der Waals surface area (Å²) >= 11 is 0. The van der Waals surface area contributed by atoms with E-state index in [1.165, 1.54) is 13.1 Å². The Hall–Kier alpha value is -1.19. The summed E-state index contributed by atoms with van der Waals surface area (Å²) in [6.07, 6.45) is 2.15. The zero-order chi connectivity index (χ0) is 9.56. The van der Waals surface area contributed by atoms with Gasteiger partial charge in [0.05, 0.1) is 0 Å². The molecule has 0 bridgehead atoms. The van der Waals surface area contributed by atoms with Gasteiger partial charge in [0.2, 0.25) is 0 Å². The molecule has 0 atom stereocenters. The van der Waals surface area contributed by atoms with Crippen molar-refractivity contribution in [2.45, 2.75) is 12.8 Å². The van der Waals surface area contributed by atoms with E-state index in [9.17, 15) is 8.78 Å². The fourth-order valence-electron chi connectivity index (χ4n) is 0.937. The van der Waals surface area contributed by atoms with E-state index >= 15 is 0 Å². The van der Waals surface area contributed by atoms with E-state index in [1.54, 1.807) is 0 Å². The topological polar surface area (TPSA) is 29.1 Å². The number of carbonyl (C=O) groups is 1. The number of rotatable bonds is 1. The van der Waals surface area contributed by atoms with Crippen molar-refractivity contribution < 1.29 is 13.6 Å². The smallest absolute Gasteiger partial charge is 0.144 e. The molecular weight excluding hydrogens is 164 g/mol. The first kappa shape index (κ1) is 10.8. The highest BCUT2D eigenvalue weighted by Crippen LogP contribution is 2.24. The average molecular weight is 175 g/mol. The molecular formula is C8H11F2NO. The molecule has 4 heteroatoms. The molecule has 0 fully saturated rings. The lowest BCUT2D eigenvalue weighted by Crippen LogP contribution is -2.10. The fourth-order valence-corrected chi connectivity index (χ4v) is 0.937. The van der Waals surface area contributed by atoms with Crippen molar-refractivity contribution >= 4 is 6.79 Å². The van der Waals surface area contributed by atoms with Crippen LogP contribution in [0.1, 0.15) is 12.8 Å². The molecule has 0 aromatic heterocycles. The van der Waals surface area contributed by atoms with Gasteiger partial charge in [-0.15, -0.1) is 0 Å². The number of likely N-dealkylation sites (N-methyl/N-ethyl adjacent to an activating group) is 1. The third-order valence-corrected chi connectivity index (χ3v) is 1.45. The minimum Gasteiger partial charge on any atom is -0.384 e. The Morgan fingerprint density at radius 3 is 2.42 bits per heavy atom. The van der Waals surface area contributed by atoms with Gasteiger partial charge in [0.15, 0.2) is 0 Å². The third-order valence-electron chi connectivity index (χ3n) is 1.45. The number of hydrogen-bond donors (Lipinski definition) is 1. The van der Waals surface area contributed by atoms with E-state index in [-0.39, 0.29) is 11.5 Å². The molecule has 0 aliphatic heterocycles. The van der Waals surface area contributed by atoms with Crippen molar-refractivity contribution in [1.82, 2.24) is 5.32 Å². The summed E-state index contributed by atoms with van der Waals surface area (Å²) in [4.78, 5) is 8.00. The standard InChI is InChI=1S/C7H9F2N.CH2O/c1-10-7-5(8)3-2-4-6(7)9;1-2/h3,10H,2,4H2,1H3;1H2. The van der Waals surface area contributed by atoms with Crippen LogP contribution in [-0.4, -0.2) is 13.8 Å². The monoisotopic (exact) mass is 175 g/mol. The zero-order valence-corrected chi connectivity index (χ0v) is 6.86. The lowest BCUT2D eigenvalue weighted by molar-refractivity contribution is -0.0979. The summed E-state index contributed by atoms with van der Waals surface area (Å²) in [5.74, 6) is -0.867. The first-order chi connectivity index (χ1) is 5.75. The van der Waals surface area contributed by atoms with Gasteiger partial charge in [-0.3, -0.25) is 0 Å². The average Bonchev–Trinajstić information content (AvgIpc) is 2.08. The largest absolute Gasteiger partial charge is 0.384 e. The summed E-state index contributed by atoms with van der Waals surface area (Å²) in [7, 11) is 1.51. The van der Waals surface area contributed by atoms with Crippen molar-refractivity contribution in [2.24, 2.45) is 0 Å². The van der Waals surface area contributed by atoms with Gasteiger partial charge in [0.1, 0.15) is 24.1 Å². The Kier molecular flexibility index (Phi) is 4.92. The van der Waals surface area contributed by atoms with Crippen molar-refractivity contribution in [3.8, 4) is 0 Å². The van der Waals surface area contributed by atoms with Crippen LogP contribution in [0.25, 0.3) is 0 Å². The first-order valence-corrected chi connectivity index (χ1v) is 3.47. The van der Waals surface area contributed by atoms with Gasteiger partial charge in [-0.2, -0.15) is 0 Å². The van der Waals surface area contributed by atoms with Gasteiger partial charge in [0.25, 0.3) is 0 Å². The second-order valence-electron chi connectivity index (χ2n) is 2.12. The molecule has 0 aromatic carbocycles. The van der Waals surface area contributed by atoms with Crippen LogP contribution in [0.15, 0.2) is 23.4 Å². The molecule has 1 aliphatic carbocycles. The van der Waals surface area contributed by atoms with E-state index in [2.05, 4.69) is 5.32 Å². The van der Waals surface area contributed by atoms with Gasteiger partial charge in [0, 0.05) is 13.5 Å². The predicted molar refractivity (Wildman–Crippen MR) is 42.7 cm³/mol. The lowest BCUT2D eigenvalue weighted by Gasteiger charge is -2.10. The molecule has 0 unspecified atom stereocenters.